The van der Waals surface area contributed by atoms with Gasteiger partial charge < -0.3 is 24.4 Å². The molecule has 0 saturated heterocycles. The highest BCUT2D eigenvalue weighted by Gasteiger charge is 2.31. The summed E-state index contributed by atoms with van der Waals surface area (Å²) in [4.78, 5) is 12.2. The predicted molar refractivity (Wildman–Crippen MR) is 127 cm³/mol. The van der Waals surface area contributed by atoms with E-state index in [1.54, 1.807) is 24.3 Å². The van der Waals surface area contributed by atoms with E-state index in [-0.39, 0.29) is 23.0 Å². The molecular formula is C28H20N2O5. The van der Waals surface area contributed by atoms with Gasteiger partial charge in [0, 0.05) is 11.6 Å². The minimum Gasteiger partial charge on any atom is -0.489 e. The van der Waals surface area contributed by atoms with Gasteiger partial charge in [0.15, 0.2) is 0 Å². The highest BCUT2D eigenvalue weighted by molar-refractivity contribution is 5.88. The second-order valence-electron chi connectivity index (χ2n) is 7.84. The Bertz CT molecular complexity index is 1440. The molecule has 7 nitrogen and oxygen atoms in total. The Morgan fingerprint density at radius 2 is 1.83 bits per heavy atom. The maximum absolute atomic E-state index is 12.2. The molecule has 7 heteroatoms. The number of carbonyl (C=O) groups excluding carboxylic acids is 1. The number of furan rings is 1. The number of carbonyl (C=O) groups is 1. The predicted octanol–water partition coefficient (Wildman–Crippen LogP) is 5.30. The van der Waals surface area contributed by atoms with Crippen LogP contribution >= 0.6 is 0 Å². The summed E-state index contributed by atoms with van der Waals surface area (Å²) in [5, 5.41) is 9.84. The topological polar surface area (TPSA) is 108 Å². The Morgan fingerprint density at radius 3 is 2.60 bits per heavy atom. The van der Waals surface area contributed by atoms with E-state index in [9.17, 15) is 10.1 Å². The number of nitrogens with two attached hydrogens (primary N) is 1. The molecule has 0 amide bonds. The molecule has 0 spiro atoms. The smallest absolute Gasteiger partial charge is 0.379 e. The third-order valence-electron chi connectivity index (χ3n) is 5.56. The van der Waals surface area contributed by atoms with Gasteiger partial charge in [-0.15, -0.1) is 0 Å². The van der Waals surface area contributed by atoms with Crippen LogP contribution < -0.4 is 19.9 Å². The maximum atomic E-state index is 12.2. The highest BCUT2D eigenvalue weighted by Crippen LogP contribution is 2.44. The molecule has 0 fully saturated rings. The zero-order chi connectivity index (χ0) is 24.2. The lowest BCUT2D eigenvalue weighted by Crippen LogP contribution is -2.21. The lowest BCUT2D eigenvalue weighted by atomic mass is 9.83. The summed E-state index contributed by atoms with van der Waals surface area (Å²) in [6.07, 6.45) is 1.39. The Kier molecular flexibility index (Phi) is 5.93. The molecule has 3 aromatic carbocycles. The van der Waals surface area contributed by atoms with E-state index in [4.69, 9.17) is 24.4 Å². The number of fused-ring (bicyclic) bond motifs is 1. The molecule has 4 aromatic rings. The summed E-state index contributed by atoms with van der Waals surface area (Å²) < 4.78 is 22.2. The lowest BCUT2D eigenvalue weighted by Gasteiger charge is -2.27. The van der Waals surface area contributed by atoms with Gasteiger partial charge in [0.05, 0.1) is 12.2 Å². The van der Waals surface area contributed by atoms with Crippen molar-refractivity contribution in [2.75, 3.05) is 0 Å². The molecule has 0 bridgehead atoms. The van der Waals surface area contributed by atoms with E-state index in [0.717, 1.165) is 11.1 Å². The van der Waals surface area contributed by atoms with Crippen LogP contribution in [0.25, 0.3) is 0 Å². The van der Waals surface area contributed by atoms with Crippen molar-refractivity contribution in [3.8, 4) is 23.3 Å². The number of rotatable bonds is 6. The van der Waals surface area contributed by atoms with Gasteiger partial charge in [0.25, 0.3) is 0 Å². The number of nitriles is 1. The van der Waals surface area contributed by atoms with Crippen molar-refractivity contribution in [3.05, 3.63) is 125 Å². The number of nitrogens with zero attached hydrogens (tertiary/aromatic N) is 1. The summed E-state index contributed by atoms with van der Waals surface area (Å²) in [5.41, 5.74) is 8.99. The van der Waals surface area contributed by atoms with Crippen LogP contribution in [0.1, 0.15) is 33.2 Å². The van der Waals surface area contributed by atoms with Crippen LogP contribution in [-0.2, 0) is 6.61 Å². The molecule has 0 unspecified atom stereocenters. The van der Waals surface area contributed by atoms with Crippen LogP contribution in [0.3, 0.4) is 0 Å². The average Bonchev–Trinajstić information content (AvgIpc) is 3.43. The summed E-state index contributed by atoms with van der Waals surface area (Å²) in [5.74, 6) is 0.295. The molecule has 1 atom stereocenters. The Balaban J connectivity index is 1.44. The number of esters is 1. The first-order chi connectivity index (χ1) is 17.1. The van der Waals surface area contributed by atoms with Gasteiger partial charge in [-0.2, -0.15) is 5.26 Å². The average molecular weight is 464 g/mol. The zero-order valence-electron chi connectivity index (χ0n) is 18.5. The van der Waals surface area contributed by atoms with Crippen LogP contribution in [0.15, 0.2) is 107 Å². The summed E-state index contributed by atoms with van der Waals surface area (Å²) in [7, 11) is 0. The number of ether oxygens (including phenoxy) is 3. The fourth-order valence-electron chi connectivity index (χ4n) is 3.92. The molecule has 2 heterocycles. The van der Waals surface area contributed by atoms with Gasteiger partial charge in [0.2, 0.25) is 11.6 Å². The Morgan fingerprint density at radius 1 is 0.971 bits per heavy atom. The summed E-state index contributed by atoms with van der Waals surface area (Å²) in [6.45, 7) is 0.419. The minimum absolute atomic E-state index is 0.00452. The second-order valence-corrected chi connectivity index (χ2v) is 7.84. The Labute approximate surface area is 201 Å². The van der Waals surface area contributed by atoms with Crippen molar-refractivity contribution in [1.82, 2.24) is 0 Å². The van der Waals surface area contributed by atoms with Gasteiger partial charge in [-0.3, -0.25) is 0 Å². The van der Waals surface area contributed by atoms with Gasteiger partial charge in [-0.25, -0.2) is 4.79 Å². The first-order valence-corrected chi connectivity index (χ1v) is 10.9. The molecule has 0 aliphatic carbocycles. The van der Waals surface area contributed by atoms with Crippen molar-refractivity contribution < 1.29 is 23.4 Å². The first kappa shape index (κ1) is 21.9. The molecule has 35 heavy (non-hydrogen) atoms. The second kappa shape index (κ2) is 9.49. The maximum Gasteiger partial charge on any atom is 0.379 e. The molecular weight excluding hydrogens is 444 g/mol. The fourth-order valence-corrected chi connectivity index (χ4v) is 3.92. The van der Waals surface area contributed by atoms with Crippen molar-refractivity contribution in [3.63, 3.8) is 0 Å². The molecule has 1 aliphatic heterocycles. The largest absolute Gasteiger partial charge is 0.489 e. The molecule has 0 saturated carbocycles. The van der Waals surface area contributed by atoms with Gasteiger partial charge in [0.1, 0.15) is 35.5 Å². The molecule has 172 valence electrons. The number of hydrogen-bond acceptors (Lipinski definition) is 7. The SMILES string of the molecule is N#CC1=C(N)Oc2cc(OC(=O)c3ccco3)ccc2[C@H]1c1cccc(OCc2ccccc2)c1. The van der Waals surface area contributed by atoms with Crippen molar-refractivity contribution in [2.24, 2.45) is 5.73 Å². The van der Waals surface area contributed by atoms with Gasteiger partial charge in [-0.1, -0.05) is 48.5 Å². The number of hydrogen-bond donors (Lipinski definition) is 1. The normalized spacial score (nSPS) is 14.4. The fraction of sp³-hybridized carbons (Fsp3) is 0.0714. The third kappa shape index (κ3) is 4.59. The van der Waals surface area contributed by atoms with Crippen molar-refractivity contribution >= 4 is 5.97 Å². The molecule has 5 rings (SSSR count). The highest BCUT2D eigenvalue weighted by atomic mass is 16.5. The summed E-state index contributed by atoms with van der Waals surface area (Å²) >= 11 is 0. The van der Waals surface area contributed by atoms with Crippen LogP contribution in [0.4, 0.5) is 0 Å². The van der Waals surface area contributed by atoms with Crippen LogP contribution in [0, 0.1) is 11.3 Å². The molecule has 1 aliphatic rings. The van der Waals surface area contributed by atoms with Crippen molar-refractivity contribution in [2.45, 2.75) is 12.5 Å². The van der Waals surface area contributed by atoms with E-state index in [1.807, 2.05) is 54.6 Å². The summed E-state index contributed by atoms with van der Waals surface area (Å²) in [6, 6.07) is 27.6. The van der Waals surface area contributed by atoms with E-state index in [0.29, 0.717) is 23.7 Å². The van der Waals surface area contributed by atoms with Gasteiger partial charge in [-0.05, 0) is 41.5 Å². The van der Waals surface area contributed by atoms with Crippen LogP contribution in [0.5, 0.6) is 17.2 Å². The van der Waals surface area contributed by atoms with Crippen LogP contribution in [0.2, 0.25) is 0 Å². The zero-order valence-corrected chi connectivity index (χ0v) is 18.5. The minimum atomic E-state index is -0.633. The molecule has 0 radical (unpaired) electrons. The third-order valence-corrected chi connectivity index (χ3v) is 5.56. The first-order valence-electron chi connectivity index (χ1n) is 10.9. The molecule has 2 N–H and O–H groups in total. The van der Waals surface area contributed by atoms with Gasteiger partial charge >= 0.3 is 5.97 Å². The van der Waals surface area contributed by atoms with Crippen LogP contribution in [-0.4, -0.2) is 5.97 Å². The quantitative estimate of drug-likeness (QED) is 0.305. The monoisotopic (exact) mass is 464 g/mol. The molecule has 1 aromatic heterocycles. The lowest BCUT2D eigenvalue weighted by molar-refractivity contribution is 0.0701. The number of benzene rings is 3. The number of allylic oxidation sites excluding steroid dienone is 1. The van der Waals surface area contributed by atoms with E-state index in [1.165, 1.54) is 12.3 Å². The van der Waals surface area contributed by atoms with E-state index >= 15 is 0 Å². The van der Waals surface area contributed by atoms with Crippen molar-refractivity contribution in [1.29, 1.82) is 5.26 Å². The van der Waals surface area contributed by atoms with E-state index < -0.39 is 11.9 Å². The Hall–Kier alpha value is -4.96. The standard InChI is InChI=1S/C28H20N2O5/c29-16-23-26(19-8-4-9-20(14-19)33-17-18-6-2-1-3-7-18)22-12-11-21(15-25(22)35-27(23)30)34-28(31)24-10-5-13-32-24/h1-15,26H,17,30H2/t26-/m1/s1. The van der Waals surface area contributed by atoms with E-state index in [2.05, 4.69) is 6.07 Å².